The van der Waals surface area contributed by atoms with E-state index < -0.39 is 5.97 Å². The number of halogens is 2. The van der Waals surface area contributed by atoms with E-state index in [9.17, 15) is 4.79 Å². The summed E-state index contributed by atoms with van der Waals surface area (Å²) in [4.78, 5) is 12.5. The number of hydrogen-bond donors (Lipinski definition) is 0. The lowest BCUT2D eigenvalue weighted by Crippen LogP contribution is -2.04. The third-order valence-electron chi connectivity index (χ3n) is 4.29. The second-order valence-corrected chi connectivity index (χ2v) is 6.70. The molecular formula is C21H13Cl2NO3. The van der Waals surface area contributed by atoms with Crippen molar-refractivity contribution in [2.75, 3.05) is 7.11 Å². The molecule has 0 aliphatic carbocycles. The van der Waals surface area contributed by atoms with Crippen LogP contribution in [0.25, 0.3) is 33.4 Å². The monoisotopic (exact) mass is 397 g/mol. The third-order valence-corrected chi connectivity index (χ3v) is 4.92. The van der Waals surface area contributed by atoms with Crippen LogP contribution in [0.1, 0.15) is 10.4 Å². The molecule has 0 N–H and O–H groups in total. The van der Waals surface area contributed by atoms with E-state index in [1.807, 2.05) is 42.5 Å². The number of benzene rings is 3. The van der Waals surface area contributed by atoms with E-state index in [0.717, 1.165) is 10.8 Å². The van der Waals surface area contributed by atoms with E-state index in [4.69, 9.17) is 32.5 Å². The highest BCUT2D eigenvalue weighted by atomic mass is 35.5. The number of hydrogen-bond acceptors (Lipinski definition) is 4. The molecule has 0 unspecified atom stereocenters. The van der Waals surface area contributed by atoms with Gasteiger partial charge in [0, 0.05) is 11.1 Å². The average Bonchev–Trinajstić information content (AvgIpc) is 3.11. The maximum Gasteiger partial charge on any atom is 0.344 e. The molecule has 0 aliphatic heterocycles. The zero-order chi connectivity index (χ0) is 19.0. The van der Waals surface area contributed by atoms with Crippen LogP contribution in [0.3, 0.4) is 0 Å². The predicted molar refractivity (Wildman–Crippen MR) is 106 cm³/mol. The molecule has 0 bridgehead atoms. The standard InChI is InChI=1S/C21H13Cl2NO3/c1-26-21(25)18-19(17-15(22)7-4-8-16(17)23)24-27-20(18)14-10-9-12-5-2-3-6-13(12)11-14/h2-11H,1H3. The molecule has 4 rings (SSSR count). The van der Waals surface area contributed by atoms with Crippen molar-refractivity contribution in [2.45, 2.75) is 0 Å². The minimum Gasteiger partial charge on any atom is -0.465 e. The molecule has 1 heterocycles. The van der Waals surface area contributed by atoms with Crippen molar-refractivity contribution in [2.24, 2.45) is 0 Å². The topological polar surface area (TPSA) is 52.3 Å². The molecule has 0 fully saturated rings. The molecule has 1 aromatic heterocycles. The molecule has 4 nitrogen and oxygen atoms in total. The predicted octanol–water partition coefficient (Wildman–Crippen LogP) is 6.26. The zero-order valence-electron chi connectivity index (χ0n) is 14.2. The molecule has 0 amide bonds. The average molecular weight is 398 g/mol. The molecule has 0 atom stereocenters. The maximum atomic E-state index is 12.5. The Morgan fingerprint density at radius 3 is 2.37 bits per heavy atom. The van der Waals surface area contributed by atoms with E-state index in [2.05, 4.69) is 5.16 Å². The highest BCUT2D eigenvalue weighted by Gasteiger charge is 2.28. The zero-order valence-corrected chi connectivity index (χ0v) is 15.7. The molecule has 0 spiro atoms. The molecule has 3 aromatic carbocycles. The summed E-state index contributed by atoms with van der Waals surface area (Å²) < 4.78 is 10.5. The fourth-order valence-electron chi connectivity index (χ4n) is 3.00. The first-order valence-corrected chi connectivity index (χ1v) is 8.87. The maximum absolute atomic E-state index is 12.5. The van der Waals surface area contributed by atoms with Gasteiger partial charge in [0.15, 0.2) is 5.76 Å². The van der Waals surface area contributed by atoms with Gasteiger partial charge in [-0.25, -0.2) is 4.79 Å². The Morgan fingerprint density at radius 2 is 1.67 bits per heavy atom. The van der Waals surface area contributed by atoms with Crippen LogP contribution in [0.15, 0.2) is 65.2 Å². The molecule has 0 radical (unpaired) electrons. The van der Waals surface area contributed by atoms with Crippen molar-refractivity contribution in [3.8, 4) is 22.6 Å². The Morgan fingerprint density at radius 1 is 0.963 bits per heavy atom. The quantitative estimate of drug-likeness (QED) is 0.383. The smallest absolute Gasteiger partial charge is 0.344 e. The molecule has 0 saturated heterocycles. The van der Waals surface area contributed by atoms with Crippen LogP contribution in [0.2, 0.25) is 10.0 Å². The molecule has 4 aromatic rings. The summed E-state index contributed by atoms with van der Waals surface area (Å²) in [6, 6.07) is 18.7. The van der Waals surface area contributed by atoms with Gasteiger partial charge in [0.25, 0.3) is 0 Å². The van der Waals surface area contributed by atoms with Gasteiger partial charge < -0.3 is 9.26 Å². The van der Waals surface area contributed by atoms with Crippen molar-refractivity contribution < 1.29 is 14.1 Å². The summed E-state index contributed by atoms with van der Waals surface area (Å²) >= 11 is 12.6. The molecular weight excluding hydrogens is 385 g/mol. The molecule has 0 aliphatic rings. The lowest BCUT2D eigenvalue weighted by molar-refractivity contribution is 0.0602. The summed E-state index contributed by atoms with van der Waals surface area (Å²) in [6.45, 7) is 0. The van der Waals surface area contributed by atoms with Crippen LogP contribution in [0.4, 0.5) is 0 Å². The Bertz CT molecular complexity index is 1150. The number of nitrogens with zero attached hydrogens (tertiary/aromatic N) is 1. The van der Waals surface area contributed by atoms with Crippen LogP contribution >= 0.6 is 23.2 Å². The highest BCUT2D eigenvalue weighted by Crippen LogP contribution is 2.40. The minimum absolute atomic E-state index is 0.183. The van der Waals surface area contributed by atoms with Crippen LogP contribution in [0, 0.1) is 0 Å². The number of carbonyl (C=O) groups excluding carboxylic acids is 1. The summed E-state index contributed by atoms with van der Waals surface area (Å²) in [5.41, 5.74) is 1.57. The Balaban J connectivity index is 1.96. The first kappa shape index (κ1) is 17.6. The van der Waals surface area contributed by atoms with Gasteiger partial charge in [-0.2, -0.15) is 0 Å². The second-order valence-electron chi connectivity index (χ2n) is 5.89. The lowest BCUT2D eigenvalue weighted by atomic mass is 10.00. The number of esters is 1. The molecule has 134 valence electrons. The van der Waals surface area contributed by atoms with Crippen molar-refractivity contribution in [3.63, 3.8) is 0 Å². The number of fused-ring (bicyclic) bond motifs is 1. The second kappa shape index (κ2) is 7.06. The summed E-state index contributed by atoms with van der Waals surface area (Å²) in [6.07, 6.45) is 0. The molecule has 0 saturated carbocycles. The van der Waals surface area contributed by atoms with Gasteiger partial charge in [-0.15, -0.1) is 0 Å². The molecule has 6 heteroatoms. The Labute approximate surface area is 165 Å². The first-order chi connectivity index (χ1) is 13.1. The van der Waals surface area contributed by atoms with Gasteiger partial charge >= 0.3 is 5.97 Å². The number of methoxy groups -OCH3 is 1. The number of ether oxygens (including phenoxy) is 1. The van der Waals surface area contributed by atoms with E-state index in [0.29, 0.717) is 26.9 Å². The first-order valence-electron chi connectivity index (χ1n) is 8.11. The van der Waals surface area contributed by atoms with Crippen LogP contribution in [0.5, 0.6) is 0 Å². The number of carbonyl (C=O) groups is 1. The van der Waals surface area contributed by atoms with Crippen molar-refractivity contribution in [1.82, 2.24) is 5.16 Å². The van der Waals surface area contributed by atoms with Crippen molar-refractivity contribution >= 4 is 39.9 Å². The van der Waals surface area contributed by atoms with Gasteiger partial charge in [0.05, 0.1) is 17.2 Å². The van der Waals surface area contributed by atoms with E-state index >= 15 is 0 Å². The van der Waals surface area contributed by atoms with Gasteiger partial charge in [0.1, 0.15) is 11.3 Å². The number of rotatable bonds is 3. The number of aromatic nitrogens is 1. The largest absolute Gasteiger partial charge is 0.465 e. The van der Waals surface area contributed by atoms with Crippen molar-refractivity contribution in [3.05, 3.63) is 76.3 Å². The van der Waals surface area contributed by atoms with Gasteiger partial charge in [0.2, 0.25) is 0 Å². The summed E-state index contributed by atoms with van der Waals surface area (Å²) in [7, 11) is 1.30. The SMILES string of the molecule is COC(=O)c1c(-c2c(Cl)cccc2Cl)noc1-c1ccc2ccccc2c1. The highest BCUT2D eigenvalue weighted by molar-refractivity contribution is 6.39. The van der Waals surface area contributed by atoms with E-state index in [1.54, 1.807) is 18.2 Å². The van der Waals surface area contributed by atoms with Gasteiger partial charge in [-0.05, 0) is 29.0 Å². The fourth-order valence-corrected chi connectivity index (χ4v) is 3.58. The van der Waals surface area contributed by atoms with Gasteiger partial charge in [-0.1, -0.05) is 70.8 Å². The van der Waals surface area contributed by atoms with E-state index in [-0.39, 0.29) is 11.3 Å². The van der Waals surface area contributed by atoms with Crippen LogP contribution in [-0.2, 0) is 4.74 Å². The van der Waals surface area contributed by atoms with E-state index in [1.165, 1.54) is 7.11 Å². The van der Waals surface area contributed by atoms with Crippen molar-refractivity contribution in [1.29, 1.82) is 0 Å². The summed E-state index contributed by atoms with van der Waals surface area (Å²) in [5.74, 6) is -0.274. The van der Waals surface area contributed by atoms with Crippen LogP contribution in [-0.4, -0.2) is 18.2 Å². The summed E-state index contributed by atoms with van der Waals surface area (Å²) in [5, 5.41) is 6.91. The fraction of sp³-hybridized carbons (Fsp3) is 0.0476. The Kier molecular flexibility index (Phi) is 4.60. The lowest BCUT2D eigenvalue weighted by Gasteiger charge is -2.06. The Hall–Kier alpha value is -2.82. The minimum atomic E-state index is -0.578. The normalized spacial score (nSPS) is 10.9. The van der Waals surface area contributed by atoms with Gasteiger partial charge in [-0.3, -0.25) is 0 Å². The third kappa shape index (κ3) is 3.07. The molecule has 27 heavy (non-hydrogen) atoms. The van der Waals surface area contributed by atoms with Crippen LogP contribution < -0.4 is 0 Å².